The summed E-state index contributed by atoms with van der Waals surface area (Å²) in [7, 11) is -2.09. The van der Waals surface area contributed by atoms with Crippen LogP contribution < -0.4 is 0 Å². The Kier molecular flexibility index (Phi) is 4.77. The van der Waals surface area contributed by atoms with Gasteiger partial charge in [-0.05, 0) is 31.9 Å². The Labute approximate surface area is 119 Å². The highest BCUT2D eigenvalue weighted by Gasteiger charge is 2.23. The monoisotopic (exact) mass is 297 g/mol. The molecule has 5 nitrogen and oxygen atoms in total. The van der Waals surface area contributed by atoms with E-state index < -0.39 is 10.1 Å². The zero-order valence-electron chi connectivity index (χ0n) is 11.7. The molecular weight excluding hydrogens is 278 g/mol. The zero-order chi connectivity index (χ0) is 14.6. The molecular formula is C14H19NO4S. The van der Waals surface area contributed by atoms with Crippen molar-refractivity contribution >= 4 is 16.0 Å². The number of aryl methyl sites for hydroxylation is 1. The van der Waals surface area contributed by atoms with Gasteiger partial charge in [-0.1, -0.05) is 17.7 Å². The molecule has 20 heavy (non-hydrogen) atoms. The Morgan fingerprint density at radius 3 is 2.65 bits per heavy atom. The fraction of sp³-hybridized carbons (Fsp3) is 0.500. The van der Waals surface area contributed by atoms with E-state index in [0.717, 1.165) is 18.5 Å². The number of hydrogen-bond acceptors (Lipinski definition) is 5. The van der Waals surface area contributed by atoms with Gasteiger partial charge < -0.3 is 4.74 Å². The van der Waals surface area contributed by atoms with E-state index in [-0.39, 0.29) is 17.4 Å². The summed E-state index contributed by atoms with van der Waals surface area (Å²) < 4.78 is 34.2. The molecule has 6 heteroatoms. The van der Waals surface area contributed by atoms with Crippen LogP contribution in [0.3, 0.4) is 0 Å². The van der Waals surface area contributed by atoms with Crippen LogP contribution in [0.1, 0.15) is 18.4 Å². The molecule has 0 aliphatic carbocycles. The summed E-state index contributed by atoms with van der Waals surface area (Å²) in [6.45, 7) is 2.78. The molecule has 1 aliphatic rings. The Hall–Kier alpha value is -1.40. The second-order valence-corrected chi connectivity index (χ2v) is 6.40. The molecule has 1 heterocycles. The van der Waals surface area contributed by atoms with Gasteiger partial charge in [0.1, 0.15) is 0 Å². The SMILES string of the molecule is COC1=NCCC1CCOS(=O)(=O)c1ccc(C)cc1. The van der Waals surface area contributed by atoms with E-state index in [1.165, 1.54) is 0 Å². The molecule has 110 valence electrons. The molecule has 0 saturated heterocycles. The van der Waals surface area contributed by atoms with Crippen molar-refractivity contribution in [3.8, 4) is 0 Å². The lowest BCUT2D eigenvalue weighted by molar-refractivity contribution is 0.285. The van der Waals surface area contributed by atoms with E-state index in [4.69, 9.17) is 8.92 Å². The molecule has 1 atom stereocenters. The first-order valence-corrected chi connectivity index (χ1v) is 7.98. The van der Waals surface area contributed by atoms with E-state index in [9.17, 15) is 8.42 Å². The first-order valence-electron chi connectivity index (χ1n) is 6.57. The second kappa shape index (κ2) is 6.37. The van der Waals surface area contributed by atoms with Crippen LogP contribution in [0, 0.1) is 12.8 Å². The fourth-order valence-electron chi connectivity index (χ4n) is 2.16. The molecule has 0 N–H and O–H groups in total. The van der Waals surface area contributed by atoms with Gasteiger partial charge in [0.25, 0.3) is 10.1 Å². The number of nitrogens with zero attached hydrogens (tertiary/aromatic N) is 1. The predicted octanol–water partition coefficient (Wildman–Crippen LogP) is 2.16. The fourth-order valence-corrected chi connectivity index (χ4v) is 3.08. The van der Waals surface area contributed by atoms with Crippen LogP contribution >= 0.6 is 0 Å². The quantitative estimate of drug-likeness (QED) is 0.781. The van der Waals surface area contributed by atoms with E-state index in [1.54, 1.807) is 31.4 Å². The number of rotatable bonds is 5. The molecule has 0 radical (unpaired) electrons. The van der Waals surface area contributed by atoms with Crippen LogP contribution in [-0.4, -0.2) is 34.6 Å². The Morgan fingerprint density at radius 2 is 2.00 bits per heavy atom. The second-order valence-electron chi connectivity index (χ2n) is 4.79. The van der Waals surface area contributed by atoms with Gasteiger partial charge in [0.2, 0.25) is 0 Å². The maximum atomic E-state index is 12.0. The van der Waals surface area contributed by atoms with Crippen molar-refractivity contribution in [1.29, 1.82) is 0 Å². The molecule has 0 aromatic heterocycles. The van der Waals surface area contributed by atoms with Crippen molar-refractivity contribution in [2.75, 3.05) is 20.3 Å². The highest BCUT2D eigenvalue weighted by molar-refractivity contribution is 7.86. The van der Waals surface area contributed by atoms with Crippen LogP contribution in [0.5, 0.6) is 0 Å². The average molecular weight is 297 g/mol. The predicted molar refractivity (Wildman–Crippen MR) is 76.4 cm³/mol. The third kappa shape index (κ3) is 3.58. The molecule has 1 aliphatic heterocycles. The van der Waals surface area contributed by atoms with Gasteiger partial charge in [-0.25, -0.2) is 0 Å². The lowest BCUT2D eigenvalue weighted by Gasteiger charge is -2.11. The molecule has 2 rings (SSSR count). The van der Waals surface area contributed by atoms with Crippen molar-refractivity contribution in [2.24, 2.45) is 10.9 Å². The summed E-state index contributed by atoms with van der Waals surface area (Å²) in [6.07, 6.45) is 1.48. The van der Waals surface area contributed by atoms with Gasteiger partial charge in [-0.3, -0.25) is 9.18 Å². The van der Waals surface area contributed by atoms with E-state index in [2.05, 4.69) is 4.99 Å². The number of ether oxygens (including phenoxy) is 1. The molecule has 0 bridgehead atoms. The maximum absolute atomic E-state index is 12.0. The maximum Gasteiger partial charge on any atom is 0.296 e. The summed E-state index contributed by atoms with van der Waals surface area (Å²) in [4.78, 5) is 4.40. The van der Waals surface area contributed by atoms with Crippen molar-refractivity contribution in [3.63, 3.8) is 0 Å². The van der Waals surface area contributed by atoms with Crippen LogP contribution in [0.15, 0.2) is 34.2 Å². The number of benzene rings is 1. The number of methoxy groups -OCH3 is 1. The van der Waals surface area contributed by atoms with Gasteiger partial charge in [0.15, 0.2) is 5.90 Å². The Morgan fingerprint density at radius 1 is 1.30 bits per heavy atom. The molecule has 0 saturated carbocycles. The normalized spacial score (nSPS) is 18.9. The summed E-state index contributed by atoms with van der Waals surface area (Å²) in [5, 5.41) is 0. The van der Waals surface area contributed by atoms with E-state index in [1.807, 2.05) is 6.92 Å². The van der Waals surface area contributed by atoms with Crippen LogP contribution in [0.2, 0.25) is 0 Å². The van der Waals surface area contributed by atoms with E-state index in [0.29, 0.717) is 12.3 Å². The molecule has 0 amide bonds. The van der Waals surface area contributed by atoms with Gasteiger partial charge in [0.05, 0.1) is 18.6 Å². The minimum atomic E-state index is -3.67. The Bertz CT molecular complexity index is 578. The van der Waals surface area contributed by atoms with E-state index >= 15 is 0 Å². The molecule has 1 unspecified atom stereocenters. The topological polar surface area (TPSA) is 65.0 Å². The van der Waals surface area contributed by atoms with Crippen LogP contribution in [0.4, 0.5) is 0 Å². The van der Waals surface area contributed by atoms with Gasteiger partial charge in [-0.2, -0.15) is 8.42 Å². The summed E-state index contributed by atoms with van der Waals surface area (Å²) in [5.74, 6) is 0.856. The molecule has 0 fully saturated rings. The molecule has 0 spiro atoms. The Balaban J connectivity index is 1.90. The zero-order valence-corrected chi connectivity index (χ0v) is 12.5. The van der Waals surface area contributed by atoms with Crippen molar-refractivity contribution < 1.29 is 17.3 Å². The van der Waals surface area contributed by atoms with Gasteiger partial charge >= 0.3 is 0 Å². The number of aliphatic imine (C=N–C) groups is 1. The standard InChI is InChI=1S/C14H19NO4S/c1-11-3-5-13(6-4-11)20(16,17)19-10-8-12-7-9-15-14(12)18-2/h3-6,12H,7-10H2,1-2H3. The summed E-state index contributed by atoms with van der Waals surface area (Å²) in [6, 6.07) is 6.62. The summed E-state index contributed by atoms with van der Waals surface area (Å²) in [5.41, 5.74) is 1.01. The highest BCUT2D eigenvalue weighted by Crippen LogP contribution is 2.20. The third-order valence-corrected chi connectivity index (χ3v) is 4.64. The van der Waals surface area contributed by atoms with Crippen molar-refractivity contribution in [1.82, 2.24) is 0 Å². The molecule has 1 aromatic rings. The molecule has 1 aromatic carbocycles. The first kappa shape index (κ1) is 15.0. The van der Waals surface area contributed by atoms with Crippen LogP contribution in [-0.2, 0) is 19.0 Å². The number of hydrogen-bond donors (Lipinski definition) is 0. The largest absolute Gasteiger partial charge is 0.484 e. The van der Waals surface area contributed by atoms with Gasteiger partial charge in [-0.15, -0.1) is 0 Å². The van der Waals surface area contributed by atoms with Crippen molar-refractivity contribution in [2.45, 2.75) is 24.7 Å². The first-order chi connectivity index (χ1) is 9.53. The average Bonchev–Trinajstić information content (AvgIpc) is 2.86. The lowest BCUT2D eigenvalue weighted by Crippen LogP contribution is -2.16. The smallest absolute Gasteiger partial charge is 0.296 e. The minimum Gasteiger partial charge on any atom is -0.484 e. The summed E-state index contributed by atoms with van der Waals surface area (Å²) >= 11 is 0. The minimum absolute atomic E-state index is 0.142. The van der Waals surface area contributed by atoms with Crippen molar-refractivity contribution in [3.05, 3.63) is 29.8 Å². The highest BCUT2D eigenvalue weighted by atomic mass is 32.2. The third-order valence-electron chi connectivity index (χ3n) is 3.32. The lowest BCUT2D eigenvalue weighted by atomic mass is 10.0. The van der Waals surface area contributed by atoms with Crippen LogP contribution in [0.25, 0.3) is 0 Å². The van der Waals surface area contributed by atoms with Gasteiger partial charge in [0, 0.05) is 12.5 Å².